The Morgan fingerprint density at radius 3 is 2.80 bits per heavy atom. The summed E-state index contributed by atoms with van der Waals surface area (Å²) in [7, 11) is 0. The minimum atomic E-state index is 0.0156. The van der Waals surface area contributed by atoms with Crippen LogP contribution in [0.15, 0.2) is 53.9 Å². The van der Waals surface area contributed by atoms with Crippen LogP contribution in [-0.4, -0.2) is 46.5 Å². The molecule has 6 rings (SSSR count). The second-order valence-electron chi connectivity index (χ2n) is 8.32. The van der Waals surface area contributed by atoms with E-state index in [0.29, 0.717) is 24.4 Å². The van der Waals surface area contributed by atoms with Crippen LogP contribution >= 0.6 is 11.3 Å². The molecule has 1 amide bonds. The first-order chi connectivity index (χ1) is 14.7. The molecule has 5 nitrogen and oxygen atoms in total. The van der Waals surface area contributed by atoms with Crippen molar-refractivity contribution in [3.63, 3.8) is 0 Å². The SMILES string of the molecule is Cc1nc(-c2cccs2)cc([C@H]2CN3CC[C@H]2C[C@@H]3CNC(=O)c2ccccc2)n1. The summed E-state index contributed by atoms with van der Waals surface area (Å²) in [6, 6.07) is 16.3. The number of fused-ring (bicyclic) bond motifs is 3. The van der Waals surface area contributed by atoms with Gasteiger partial charge in [-0.1, -0.05) is 24.3 Å². The van der Waals surface area contributed by atoms with Crippen molar-refractivity contribution in [3.8, 4) is 10.6 Å². The van der Waals surface area contributed by atoms with Crippen LogP contribution in [0, 0.1) is 12.8 Å². The molecule has 3 aliphatic rings. The highest BCUT2D eigenvalue weighted by molar-refractivity contribution is 7.13. The van der Waals surface area contributed by atoms with Gasteiger partial charge < -0.3 is 5.32 Å². The number of carbonyl (C=O) groups is 1. The highest BCUT2D eigenvalue weighted by Crippen LogP contribution is 2.41. The molecule has 2 aromatic heterocycles. The fourth-order valence-electron chi connectivity index (χ4n) is 4.92. The number of aryl methyl sites for hydroxylation is 1. The molecule has 0 saturated carbocycles. The fraction of sp³-hybridized carbons (Fsp3) is 0.375. The lowest BCUT2D eigenvalue weighted by Crippen LogP contribution is -2.56. The molecule has 1 N–H and O–H groups in total. The van der Waals surface area contributed by atoms with E-state index in [4.69, 9.17) is 4.98 Å². The number of benzene rings is 1. The molecule has 5 heterocycles. The number of aromatic nitrogens is 2. The molecule has 4 atom stereocenters. The van der Waals surface area contributed by atoms with Crippen LogP contribution in [0.2, 0.25) is 0 Å². The van der Waals surface area contributed by atoms with Crippen LogP contribution in [0.25, 0.3) is 10.6 Å². The molecule has 3 saturated heterocycles. The van der Waals surface area contributed by atoms with E-state index < -0.39 is 0 Å². The smallest absolute Gasteiger partial charge is 0.251 e. The second-order valence-corrected chi connectivity index (χ2v) is 9.27. The zero-order valence-electron chi connectivity index (χ0n) is 17.1. The van der Waals surface area contributed by atoms with E-state index >= 15 is 0 Å². The van der Waals surface area contributed by atoms with E-state index in [2.05, 4.69) is 38.8 Å². The van der Waals surface area contributed by atoms with Gasteiger partial charge in [0.25, 0.3) is 5.91 Å². The third-order valence-electron chi connectivity index (χ3n) is 6.42. The van der Waals surface area contributed by atoms with Crippen LogP contribution in [0.3, 0.4) is 0 Å². The van der Waals surface area contributed by atoms with Gasteiger partial charge in [-0.05, 0) is 61.9 Å². The number of amides is 1. The molecule has 30 heavy (non-hydrogen) atoms. The Balaban J connectivity index is 1.27. The van der Waals surface area contributed by atoms with Gasteiger partial charge in [-0.3, -0.25) is 9.69 Å². The number of thiophene rings is 1. The first kappa shape index (κ1) is 19.4. The third kappa shape index (κ3) is 3.89. The zero-order valence-corrected chi connectivity index (χ0v) is 17.9. The molecule has 2 bridgehead atoms. The van der Waals surface area contributed by atoms with Crippen molar-refractivity contribution in [2.24, 2.45) is 5.92 Å². The summed E-state index contributed by atoms with van der Waals surface area (Å²) in [5, 5.41) is 5.23. The maximum Gasteiger partial charge on any atom is 0.251 e. The Morgan fingerprint density at radius 1 is 1.20 bits per heavy atom. The van der Waals surface area contributed by atoms with Crippen LogP contribution in [0.4, 0.5) is 0 Å². The summed E-state index contributed by atoms with van der Waals surface area (Å²) in [6.45, 7) is 4.82. The number of nitrogens with one attached hydrogen (secondary N) is 1. The van der Waals surface area contributed by atoms with Crippen molar-refractivity contribution in [2.45, 2.75) is 31.7 Å². The molecule has 3 aliphatic heterocycles. The number of hydrogen-bond acceptors (Lipinski definition) is 5. The van der Waals surface area contributed by atoms with Crippen molar-refractivity contribution in [1.29, 1.82) is 0 Å². The first-order valence-corrected chi connectivity index (χ1v) is 11.5. The molecule has 0 spiro atoms. The number of piperidine rings is 3. The molecular formula is C24H26N4OS. The predicted octanol–water partition coefficient (Wildman–Crippen LogP) is 4.12. The van der Waals surface area contributed by atoms with Gasteiger partial charge in [0.15, 0.2) is 0 Å². The zero-order chi connectivity index (χ0) is 20.5. The first-order valence-electron chi connectivity index (χ1n) is 10.6. The highest BCUT2D eigenvalue weighted by Gasteiger charge is 2.41. The molecule has 0 aliphatic carbocycles. The lowest BCUT2D eigenvalue weighted by molar-refractivity contribution is 0.0290. The summed E-state index contributed by atoms with van der Waals surface area (Å²) in [6.07, 6.45) is 2.31. The van der Waals surface area contributed by atoms with Crippen LogP contribution in [0.5, 0.6) is 0 Å². The average molecular weight is 419 g/mol. The van der Waals surface area contributed by atoms with Gasteiger partial charge in [-0.2, -0.15) is 0 Å². The number of rotatable bonds is 5. The molecule has 154 valence electrons. The van der Waals surface area contributed by atoms with Gasteiger partial charge in [-0.15, -0.1) is 11.3 Å². The van der Waals surface area contributed by atoms with E-state index in [0.717, 1.165) is 36.6 Å². The standard InChI is InChI=1S/C24H26N4OS/c1-16-26-21(13-22(27-16)23-8-5-11-30-23)20-15-28-10-9-18(20)12-19(28)14-25-24(29)17-6-3-2-4-7-17/h2-8,11,13,18-20H,9-10,12,14-15H2,1H3,(H,25,29)/t18-,19+,20-/m0/s1. The lowest BCUT2D eigenvalue weighted by Gasteiger charge is -2.49. The maximum atomic E-state index is 12.4. The molecule has 1 aromatic carbocycles. The third-order valence-corrected chi connectivity index (χ3v) is 7.32. The summed E-state index contributed by atoms with van der Waals surface area (Å²) in [5.74, 6) is 1.92. The molecule has 6 heteroatoms. The monoisotopic (exact) mass is 418 g/mol. The van der Waals surface area contributed by atoms with Crippen LogP contribution in [-0.2, 0) is 0 Å². The van der Waals surface area contributed by atoms with Crippen molar-refractivity contribution in [1.82, 2.24) is 20.2 Å². The van der Waals surface area contributed by atoms with Gasteiger partial charge in [0.05, 0.1) is 10.6 Å². The normalized spacial score (nSPS) is 25.2. The molecule has 3 fully saturated rings. The minimum Gasteiger partial charge on any atom is -0.350 e. The summed E-state index contributed by atoms with van der Waals surface area (Å²) >= 11 is 1.72. The average Bonchev–Trinajstić information content (AvgIpc) is 3.33. The summed E-state index contributed by atoms with van der Waals surface area (Å²) in [5.41, 5.74) is 2.94. The lowest BCUT2D eigenvalue weighted by atomic mass is 9.74. The summed E-state index contributed by atoms with van der Waals surface area (Å²) < 4.78 is 0. The van der Waals surface area contributed by atoms with E-state index in [-0.39, 0.29) is 5.91 Å². The van der Waals surface area contributed by atoms with Gasteiger partial charge in [0.2, 0.25) is 0 Å². The van der Waals surface area contributed by atoms with Crippen LogP contribution < -0.4 is 5.32 Å². The minimum absolute atomic E-state index is 0.0156. The quantitative estimate of drug-likeness (QED) is 0.677. The van der Waals surface area contributed by atoms with Crippen molar-refractivity contribution in [2.75, 3.05) is 19.6 Å². The Bertz CT molecular complexity index is 1020. The Morgan fingerprint density at radius 2 is 2.07 bits per heavy atom. The van der Waals surface area contributed by atoms with E-state index in [1.807, 2.05) is 37.3 Å². The van der Waals surface area contributed by atoms with E-state index in [1.54, 1.807) is 11.3 Å². The van der Waals surface area contributed by atoms with E-state index in [1.165, 1.54) is 17.0 Å². The predicted molar refractivity (Wildman–Crippen MR) is 120 cm³/mol. The van der Waals surface area contributed by atoms with Gasteiger partial charge in [-0.25, -0.2) is 9.97 Å². The van der Waals surface area contributed by atoms with Gasteiger partial charge in [0, 0.05) is 36.3 Å². The van der Waals surface area contributed by atoms with Crippen molar-refractivity contribution >= 4 is 17.2 Å². The maximum absolute atomic E-state index is 12.4. The highest BCUT2D eigenvalue weighted by atomic mass is 32.1. The van der Waals surface area contributed by atoms with Gasteiger partial charge >= 0.3 is 0 Å². The topological polar surface area (TPSA) is 58.1 Å². The van der Waals surface area contributed by atoms with E-state index in [9.17, 15) is 4.79 Å². The largest absolute Gasteiger partial charge is 0.350 e. The second kappa shape index (κ2) is 8.28. The molecule has 3 aromatic rings. The Kier molecular flexibility index (Phi) is 5.35. The van der Waals surface area contributed by atoms with Crippen LogP contribution in [0.1, 0.15) is 40.6 Å². The number of hydrogen-bond donors (Lipinski definition) is 1. The molecular weight excluding hydrogens is 392 g/mol. The fourth-order valence-corrected chi connectivity index (χ4v) is 5.61. The summed E-state index contributed by atoms with van der Waals surface area (Å²) in [4.78, 5) is 25.6. The molecule has 0 radical (unpaired) electrons. The number of nitrogens with zero attached hydrogens (tertiary/aromatic N) is 3. The molecule has 1 unspecified atom stereocenters. The van der Waals surface area contributed by atoms with Crippen molar-refractivity contribution < 1.29 is 4.79 Å². The Labute approximate surface area is 181 Å². The van der Waals surface area contributed by atoms with Crippen molar-refractivity contribution in [3.05, 3.63) is 71.0 Å². The number of carbonyl (C=O) groups excluding carboxylic acids is 1. The van der Waals surface area contributed by atoms with Gasteiger partial charge in [0.1, 0.15) is 5.82 Å². The Hall–Kier alpha value is -2.57.